The van der Waals surface area contributed by atoms with Crippen LogP contribution in [-0.4, -0.2) is 42.5 Å². The van der Waals surface area contributed by atoms with Gasteiger partial charge in [0.25, 0.3) is 5.91 Å². The first kappa shape index (κ1) is 13.5. The number of hydrogen-bond donors (Lipinski definition) is 3. The maximum atomic E-state index is 11.6. The Morgan fingerprint density at radius 1 is 1.41 bits per heavy atom. The fourth-order valence-corrected chi connectivity index (χ4v) is 1.26. The molecule has 0 aromatic heterocycles. The average molecular weight is 239 g/mol. The number of rotatable bonds is 6. The lowest BCUT2D eigenvalue weighted by atomic mass is 10.1. The molecule has 17 heavy (non-hydrogen) atoms. The van der Waals surface area contributed by atoms with Crippen molar-refractivity contribution in [1.29, 1.82) is 0 Å². The third-order valence-electron chi connectivity index (χ3n) is 2.24. The highest BCUT2D eigenvalue weighted by atomic mass is 16.5. The number of nitrogens with one attached hydrogen (secondary N) is 1. The zero-order valence-corrected chi connectivity index (χ0v) is 9.77. The topological polar surface area (TPSA) is 78.8 Å². The normalized spacial score (nSPS) is 10.2. The highest BCUT2D eigenvalue weighted by Crippen LogP contribution is 2.17. The van der Waals surface area contributed by atoms with Gasteiger partial charge in [-0.25, -0.2) is 0 Å². The molecule has 0 saturated carbocycles. The number of benzene rings is 1. The molecule has 1 amide bonds. The number of carbonyl (C=O) groups is 1. The average Bonchev–Trinajstić information content (AvgIpc) is 2.32. The summed E-state index contributed by atoms with van der Waals surface area (Å²) in [5.74, 6) is -0.151. The molecule has 0 aliphatic heterocycles. The highest BCUT2D eigenvalue weighted by molar-refractivity contribution is 5.94. The monoisotopic (exact) mass is 239 g/mol. The van der Waals surface area contributed by atoms with Gasteiger partial charge in [0.15, 0.2) is 0 Å². The molecule has 0 bridgehead atoms. The van der Waals surface area contributed by atoms with Crippen LogP contribution in [0.4, 0.5) is 0 Å². The van der Waals surface area contributed by atoms with Gasteiger partial charge in [-0.3, -0.25) is 4.79 Å². The summed E-state index contributed by atoms with van der Waals surface area (Å²) in [6.45, 7) is 2.72. The number of aromatic hydroxyl groups is 1. The summed E-state index contributed by atoms with van der Waals surface area (Å²) in [7, 11) is 0. The van der Waals surface area contributed by atoms with E-state index in [0.29, 0.717) is 18.7 Å². The van der Waals surface area contributed by atoms with Crippen molar-refractivity contribution in [3.05, 3.63) is 29.3 Å². The van der Waals surface area contributed by atoms with Crippen molar-refractivity contribution in [3.63, 3.8) is 0 Å². The lowest BCUT2D eigenvalue weighted by Gasteiger charge is -2.06. The van der Waals surface area contributed by atoms with Crippen LogP contribution in [0.25, 0.3) is 0 Å². The maximum absolute atomic E-state index is 11.6. The number of amides is 1. The maximum Gasteiger partial charge on any atom is 0.251 e. The zero-order chi connectivity index (χ0) is 12.7. The first-order chi connectivity index (χ1) is 8.15. The Morgan fingerprint density at radius 2 is 2.18 bits per heavy atom. The lowest BCUT2D eigenvalue weighted by Crippen LogP contribution is -2.27. The first-order valence-electron chi connectivity index (χ1n) is 5.41. The van der Waals surface area contributed by atoms with E-state index in [-0.39, 0.29) is 24.9 Å². The van der Waals surface area contributed by atoms with Crippen molar-refractivity contribution in [1.82, 2.24) is 5.32 Å². The van der Waals surface area contributed by atoms with Crippen molar-refractivity contribution < 1.29 is 19.7 Å². The first-order valence-corrected chi connectivity index (χ1v) is 5.41. The Hall–Kier alpha value is -1.59. The summed E-state index contributed by atoms with van der Waals surface area (Å²) in [6.07, 6.45) is 0. The Labute approximate surface area is 100 Å². The van der Waals surface area contributed by atoms with Gasteiger partial charge in [0, 0.05) is 12.1 Å². The predicted octanol–water partition coefficient (Wildman–Crippen LogP) is 0.439. The van der Waals surface area contributed by atoms with Crippen LogP contribution in [0.5, 0.6) is 5.75 Å². The molecule has 0 aliphatic carbocycles. The molecule has 3 N–H and O–H groups in total. The fourth-order valence-electron chi connectivity index (χ4n) is 1.26. The van der Waals surface area contributed by atoms with Crippen molar-refractivity contribution in [3.8, 4) is 5.75 Å². The summed E-state index contributed by atoms with van der Waals surface area (Å²) in [6, 6.07) is 4.77. The number of ether oxygens (including phenoxy) is 1. The third-order valence-corrected chi connectivity index (χ3v) is 2.24. The van der Waals surface area contributed by atoms with E-state index in [1.807, 2.05) is 0 Å². The smallest absolute Gasteiger partial charge is 0.251 e. The van der Waals surface area contributed by atoms with Crippen LogP contribution in [-0.2, 0) is 4.74 Å². The van der Waals surface area contributed by atoms with Gasteiger partial charge in [0.05, 0.1) is 19.8 Å². The zero-order valence-electron chi connectivity index (χ0n) is 9.77. The number of carbonyl (C=O) groups excluding carboxylic acids is 1. The largest absolute Gasteiger partial charge is 0.508 e. The van der Waals surface area contributed by atoms with Gasteiger partial charge in [-0.15, -0.1) is 0 Å². The van der Waals surface area contributed by atoms with Crippen molar-refractivity contribution >= 4 is 5.91 Å². The Bertz CT molecular complexity index is 379. The van der Waals surface area contributed by atoms with Crippen LogP contribution >= 0.6 is 0 Å². The summed E-state index contributed by atoms with van der Waals surface area (Å²) in [4.78, 5) is 11.6. The van der Waals surface area contributed by atoms with Crippen molar-refractivity contribution in [2.75, 3.05) is 26.4 Å². The molecule has 1 aromatic rings. The highest BCUT2D eigenvalue weighted by Gasteiger charge is 2.06. The summed E-state index contributed by atoms with van der Waals surface area (Å²) in [5, 5.41) is 20.6. The summed E-state index contributed by atoms with van der Waals surface area (Å²) >= 11 is 0. The van der Waals surface area contributed by atoms with Crippen LogP contribution < -0.4 is 5.32 Å². The molecule has 0 spiro atoms. The predicted molar refractivity (Wildman–Crippen MR) is 63.1 cm³/mol. The Morgan fingerprint density at radius 3 is 2.82 bits per heavy atom. The second-order valence-corrected chi connectivity index (χ2v) is 3.59. The molecule has 0 aliphatic rings. The standard InChI is InChI=1S/C12H17NO4/c1-9-2-3-10(8-11(9)15)12(16)13-4-6-17-7-5-14/h2-3,8,14-15H,4-7H2,1H3,(H,13,16). The quantitative estimate of drug-likeness (QED) is 0.629. The molecular weight excluding hydrogens is 222 g/mol. The fraction of sp³-hybridized carbons (Fsp3) is 0.417. The van der Waals surface area contributed by atoms with Crippen LogP contribution in [0.3, 0.4) is 0 Å². The van der Waals surface area contributed by atoms with Gasteiger partial charge in [-0.2, -0.15) is 0 Å². The molecule has 5 nitrogen and oxygen atoms in total. The van der Waals surface area contributed by atoms with E-state index in [1.165, 1.54) is 6.07 Å². The minimum absolute atomic E-state index is 0.0280. The second-order valence-electron chi connectivity index (χ2n) is 3.59. The molecule has 5 heteroatoms. The molecule has 0 atom stereocenters. The second kappa shape index (κ2) is 6.88. The minimum Gasteiger partial charge on any atom is -0.508 e. The number of phenolic OH excluding ortho intramolecular Hbond substituents is 1. The van der Waals surface area contributed by atoms with Crippen LogP contribution in [0, 0.1) is 6.92 Å². The number of aliphatic hydroxyl groups excluding tert-OH is 1. The molecule has 0 radical (unpaired) electrons. The minimum atomic E-state index is -0.257. The number of hydrogen-bond acceptors (Lipinski definition) is 4. The number of phenols is 1. The van der Waals surface area contributed by atoms with E-state index in [0.717, 1.165) is 5.56 Å². The third kappa shape index (κ3) is 4.42. The van der Waals surface area contributed by atoms with Crippen molar-refractivity contribution in [2.45, 2.75) is 6.92 Å². The SMILES string of the molecule is Cc1ccc(C(=O)NCCOCCO)cc1O. The van der Waals surface area contributed by atoms with Gasteiger partial charge in [0.1, 0.15) is 5.75 Å². The van der Waals surface area contributed by atoms with E-state index in [1.54, 1.807) is 19.1 Å². The lowest BCUT2D eigenvalue weighted by molar-refractivity contribution is 0.0838. The van der Waals surface area contributed by atoms with Gasteiger partial charge >= 0.3 is 0 Å². The van der Waals surface area contributed by atoms with E-state index < -0.39 is 0 Å². The van der Waals surface area contributed by atoms with Gasteiger partial charge in [-0.05, 0) is 24.6 Å². The van der Waals surface area contributed by atoms with Crippen LogP contribution in [0.2, 0.25) is 0 Å². The van der Waals surface area contributed by atoms with Gasteiger partial charge in [-0.1, -0.05) is 6.07 Å². The van der Waals surface area contributed by atoms with Gasteiger partial charge < -0.3 is 20.3 Å². The van der Waals surface area contributed by atoms with E-state index in [4.69, 9.17) is 9.84 Å². The Balaban J connectivity index is 2.39. The van der Waals surface area contributed by atoms with Crippen LogP contribution in [0.15, 0.2) is 18.2 Å². The molecule has 0 fully saturated rings. The molecular formula is C12H17NO4. The number of aliphatic hydroxyl groups is 1. The summed E-state index contributed by atoms with van der Waals surface area (Å²) in [5.41, 5.74) is 1.14. The van der Waals surface area contributed by atoms with Crippen LogP contribution in [0.1, 0.15) is 15.9 Å². The molecule has 0 heterocycles. The van der Waals surface area contributed by atoms with E-state index in [9.17, 15) is 9.90 Å². The molecule has 0 saturated heterocycles. The van der Waals surface area contributed by atoms with Gasteiger partial charge in [0.2, 0.25) is 0 Å². The van der Waals surface area contributed by atoms with Crippen molar-refractivity contribution in [2.24, 2.45) is 0 Å². The van der Waals surface area contributed by atoms with E-state index in [2.05, 4.69) is 5.32 Å². The molecule has 1 rings (SSSR count). The van der Waals surface area contributed by atoms with E-state index >= 15 is 0 Å². The molecule has 1 aromatic carbocycles. The summed E-state index contributed by atoms with van der Waals surface area (Å²) < 4.78 is 5.00. The molecule has 94 valence electrons. The Kier molecular flexibility index (Phi) is 5.45. The molecule has 0 unspecified atom stereocenters. The number of aryl methyl sites for hydroxylation is 1.